The van der Waals surface area contributed by atoms with Crippen molar-refractivity contribution in [3.8, 4) is 0 Å². The molecule has 1 heterocycles. The topological polar surface area (TPSA) is 65.7 Å². The monoisotopic (exact) mass is 342 g/mol. The Bertz CT molecular complexity index is 928. The van der Waals surface area contributed by atoms with E-state index in [4.69, 9.17) is 13.9 Å². The molecule has 0 atom stereocenters. The number of esters is 2. The second-order valence-corrected chi connectivity index (χ2v) is 5.18. The summed E-state index contributed by atoms with van der Waals surface area (Å²) in [7, 11) is 0. The van der Waals surface area contributed by atoms with Gasteiger partial charge in [-0.05, 0) is 25.1 Å². The molecule has 3 rings (SSSR count). The van der Waals surface area contributed by atoms with Gasteiger partial charge in [-0.1, -0.05) is 30.3 Å². The molecule has 0 spiro atoms. The molecule has 0 fully saturated rings. The molecule has 1 aromatic heterocycles. The fraction of sp³-hybridized carbons (Fsp3) is 0.158. The number of benzene rings is 2. The number of carbonyl (C=O) groups is 2. The third kappa shape index (κ3) is 3.38. The molecule has 0 aliphatic carbocycles. The predicted molar refractivity (Wildman–Crippen MR) is 87.7 cm³/mol. The van der Waals surface area contributed by atoms with Gasteiger partial charge in [0, 0.05) is 5.39 Å². The van der Waals surface area contributed by atoms with Crippen LogP contribution in [0.1, 0.15) is 33.4 Å². The summed E-state index contributed by atoms with van der Waals surface area (Å²) in [5, 5.41) is 0.631. The standard InChI is InChI=1S/C19H15FO5/c1-2-23-19(22)17-14(12-7-4-6-10-16(12)25-17)11-24-18(21)13-8-3-5-9-15(13)20/h3-10H,2,11H2,1H3. The molecule has 25 heavy (non-hydrogen) atoms. The summed E-state index contributed by atoms with van der Waals surface area (Å²) in [6.07, 6.45) is 0. The van der Waals surface area contributed by atoms with Gasteiger partial charge in [-0.25, -0.2) is 14.0 Å². The lowest BCUT2D eigenvalue weighted by molar-refractivity contribution is 0.0432. The Kier molecular flexibility index (Phi) is 4.79. The van der Waals surface area contributed by atoms with Crippen LogP contribution in [0.3, 0.4) is 0 Å². The molecule has 3 aromatic rings. The normalized spacial score (nSPS) is 10.6. The van der Waals surface area contributed by atoms with Crippen LogP contribution in [-0.2, 0) is 16.1 Å². The molecular weight excluding hydrogens is 327 g/mol. The van der Waals surface area contributed by atoms with Crippen LogP contribution in [0, 0.1) is 5.82 Å². The van der Waals surface area contributed by atoms with E-state index in [0.717, 1.165) is 0 Å². The van der Waals surface area contributed by atoms with E-state index >= 15 is 0 Å². The minimum absolute atomic E-state index is 0.0237. The molecule has 0 aliphatic rings. The van der Waals surface area contributed by atoms with Crippen molar-refractivity contribution in [2.75, 3.05) is 6.61 Å². The lowest BCUT2D eigenvalue weighted by Gasteiger charge is -2.06. The molecular formula is C19H15FO5. The Morgan fingerprint density at radius 3 is 2.48 bits per heavy atom. The van der Waals surface area contributed by atoms with Gasteiger partial charge < -0.3 is 13.9 Å². The number of fused-ring (bicyclic) bond motifs is 1. The predicted octanol–water partition coefficient (Wildman–Crippen LogP) is 4.11. The van der Waals surface area contributed by atoms with Gasteiger partial charge in [0.25, 0.3) is 0 Å². The second-order valence-electron chi connectivity index (χ2n) is 5.18. The van der Waals surface area contributed by atoms with Crippen molar-refractivity contribution in [1.82, 2.24) is 0 Å². The van der Waals surface area contributed by atoms with Gasteiger partial charge in [-0.15, -0.1) is 0 Å². The summed E-state index contributed by atoms with van der Waals surface area (Å²) in [6, 6.07) is 12.5. The number of hydrogen-bond acceptors (Lipinski definition) is 5. The Labute approximate surface area is 143 Å². The van der Waals surface area contributed by atoms with E-state index in [2.05, 4.69) is 0 Å². The van der Waals surface area contributed by atoms with Crippen LogP contribution in [0.25, 0.3) is 11.0 Å². The number of para-hydroxylation sites is 1. The number of carbonyl (C=O) groups excluding carboxylic acids is 2. The highest BCUT2D eigenvalue weighted by atomic mass is 19.1. The highest BCUT2D eigenvalue weighted by Crippen LogP contribution is 2.27. The van der Waals surface area contributed by atoms with Gasteiger partial charge in [0.1, 0.15) is 18.0 Å². The smallest absolute Gasteiger partial charge is 0.374 e. The van der Waals surface area contributed by atoms with E-state index in [1.807, 2.05) is 0 Å². The van der Waals surface area contributed by atoms with Gasteiger partial charge in [-0.3, -0.25) is 0 Å². The molecule has 6 heteroatoms. The molecule has 5 nitrogen and oxygen atoms in total. The highest BCUT2D eigenvalue weighted by molar-refractivity contribution is 5.96. The van der Waals surface area contributed by atoms with E-state index in [0.29, 0.717) is 16.5 Å². The van der Waals surface area contributed by atoms with Crippen LogP contribution in [0.5, 0.6) is 0 Å². The van der Waals surface area contributed by atoms with Crippen LogP contribution in [0.4, 0.5) is 4.39 Å². The Morgan fingerprint density at radius 1 is 1.00 bits per heavy atom. The zero-order valence-electron chi connectivity index (χ0n) is 13.5. The van der Waals surface area contributed by atoms with Crippen LogP contribution >= 0.6 is 0 Å². The first kappa shape index (κ1) is 16.7. The number of halogens is 1. The van der Waals surface area contributed by atoms with Gasteiger partial charge >= 0.3 is 11.9 Å². The van der Waals surface area contributed by atoms with Crippen molar-refractivity contribution in [2.24, 2.45) is 0 Å². The molecule has 0 saturated heterocycles. The Hall–Kier alpha value is -3.15. The number of hydrogen-bond donors (Lipinski definition) is 0. The van der Waals surface area contributed by atoms with Crippen molar-refractivity contribution >= 4 is 22.9 Å². The minimum atomic E-state index is -0.821. The van der Waals surface area contributed by atoms with Gasteiger partial charge in [0.15, 0.2) is 0 Å². The van der Waals surface area contributed by atoms with E-state index < -0.39 is 17.8 Å². The first-order valence-corrected chi connectivity index (χ1v) is 7.71. The number of ether oxygens (including phenoxy) is 2. The van der Waals surface area contributed by atoms with Crippen molar-refractivity contribution in [3.05, 3.63) is 71.2 Å². The summed E-state index contributed by atoms with van der Waals surface area (Å²) in [5.41, 5.74) is 0.689. The number of furan rings is 1. The van der Waals surface area contributed by atoms with Crippen molar-refractivity contribution in [1.29, 1.82) is 0 Å². The number of rotatable bonds is 5. The van der Waals surface area contributed by atoms with Crippen molar-refractivity contribution in [3.63, 3.8) is 0 Å². The molecule has 0 saturated carbocycles. The lowest BCUT2D eigenvalue weighted by Crippen LogP contribution is -2.10. The molecule has 0 amide bonds. The maximum Gasteiger partial charge on any atom is 0.374 e. The SMILES string of the molecule is CCOC(=O)c1oc2ccccc2c1COC(=O)c1ccccc1F. The van der Waals surface area contributed by atoms with Crippen LogP contribution in [0.2, 0.25) is 0 Å². The quantitative estimate of drug-likeness (QED) is 0.653. The van der Waals surface area contributed by atoms with Gasteiger partial charge in [-0.2, -0.15) is 0 Å². The van der Waals surface area contributed by atoms with Crippen molar-refractivity contribution in [2.45, 2.75) is 13.5 Å². The minimum Gasteiger partial charge on any atom is -0.460 e. The lowest BCUT2D eigenvalue weighted by atomic mass is 10.1. The fourth-order valence-corrected chi connectivity index (χ4v) is 2.45. The summed E-state index contributed by atoms with van der Waals surface area (Å²) >= 11 is 0. The maximum absolute atomic E-state index is 13.7. The Morgan fingerprint density at radius 2 is 1.72 bits per heavy atom. The zero-order valence-corrected chi connectivity index (χ0v) is 13.5. The van der Waals surface area contributed by atoms with Gasteiger partial charge in [0.05, 0.1) is 17.7 Å². The first-order valence-electron chi connectivity index (χ1n) is 7.71. The molecule has 0 radical (unpaired) electrons. The molecule has 2 aromatic carbocycles. The molecule has 128 valence electrons. The first-order chi connectivity index (χ1) is 12.1. The van der Waals surface area contributed by atoms with E-state index in [-0.39, 0.29) is 24.5 Å². The third-order valence-corrected chi connectivity index (χ3v) is 3.60. The van der Waals surface area contributed by atoms with E-state index in [1.54, 1.807) is 31.2 Å². The fourth-order valence-electron chi connectivity index (χ4n) is 2.45. The van der Waals surface area contributed by atoms with Crippen LogP contribution in [0.15, 0.2) is 52.9 Å². The summed E-state index contributed by atoms with van der Waals surface area (Å²) in [4.78, 5) is 24.2. The molecule has 0 N–H and O–H groups in total. The Balaban J connectivity index is 1.90. The molecule has 0 bridgehead atoms. The zero-order chi connectivity index (χ0) is 17.8. The average molecular weight is 342 g/mol. The molecule has 0 aliphatic heterocycles. The van der Waals surface area contributed by atoms with Crippen molar-refractivity contribution < 1.29 is 27.9 Å². The van der Waals surface area contributed by atoms with E-state index in [1.165, 1.54) is 24.3 Å². The van der Waals surface area contributed by atoms with Crippen LogP contribution < -0.4 is 0 Å². The average Bonchev–Trinajstić information content (AvgIpc) is 2.99. The van der Waals surface area contributed by atoms with E-state index in [9.17, 15) is 14.0 Å². The summed E-state index contributed by atoms with van der Waals surface area (Å²) in [5.74, 6) is -2.16. The summed E-state index contributed by atoms with van der Waals surface area (Å²) < 4.78 is 29.4. The summed E-state index contributed by atoms with van der Waals surface area (Å²) in [6.45, 7) is 1.63. The van der Waals surface area contributed by atoms with Crippen LogP contribution in [-0.4, -0.2) is 18.5 Å². The maximum atomic E-state index is 13.7. The second kappa shape index (κ2) is 7.17. The highest BCUT2D eigenvalue weighted by Gasteiger charge is 2.23. The van der Waals surface area contributed by atoms with Gasteiger partial charge in [0.2, 0.25) is 5.76 Å². The largest absolute Gasteiger partial charge is 0.460 e. The third-order valence-electron chi connectivity index (χ3n) is 3.60. The molecule has 0 unspecified atom stereocenters.